The van der Waals surface area contributed by atoms with Crippen molar-refractivity contribution in [2.24, 2.45) is 0 Å². The van der Waals surface area contributed by atoms with Gasteiger partial charge in [0.15, 0.2) is 0 Å². The Morgan fingerprint density at radius 1 is 1.00 bits per heavy atom. The second kappa shape index (κ2) is 9.00. The first-order chi connectivity index (χ1) is 10.8. The number of carbonyl (C=O) groups excluding carboxylic acids is 1. The number of hydrogen-bond donors (Lipinski definition) is 1. The normalized spacial score (nSPS) is 10.6. The summed E-state index contributed by atoms with van der Waals surface area (Å²) in [5.74, 6) is 0.233. The van der Waals surface area contributed by atoms with E-state index in [0.29, 0.717) is 13.2 Å². The summed E-state index contributed by atoms with van der Waals surface area (Å²) in [5, 5.41) is 2.92. The molecule has 0 radical (unpaired) electrons. The molecule has 0 aromatic heterocycles. The van der Waals surface area contributed by atoms with Gasteiger partial charge in [0.2, 0.25) is 5.91 Å². The van der Waals surface area contributed by atoms with Crippen molar-refractivity contribution >= 4 is 5.91 Å². The van der Waals surface area contributed by atoms with E-state index in [1.807, 2.05) is 19.1 Å². The molecule has 1 N–H and O–H groups in total. The minimum atomic E-state index is -0.0540. The lowest BCUT2D eigenvalue weighted by molar-refractivity contribution is -0.125. The zero-order chi connectivity index (χ0) is 15.6. The van der Waals surface area contributed by atoms with Crippen LogP contribution in [0.2, 0.25) is 0 Å². The maximum Gasteiger partial charge on any atom is 0.245 e. The monoisotopic (exact) mass is 297 g/mol. The molecule has 0 aliphatic carbocycles. The molecule has 2 aromatic rings. The van der Waals surface area contributed by atoms with E-state index in [2.05, 4.69) is 53.8 Å². The number of rotatable bonds is 8. The van der Waals surface area contributed by atoms with Crippen molar-refractivity contribution in [2.75, 3.05) is 19.8 Å². The van der Waals surface area contributed by atoms with Crippen molar-refractivity contribution in [1.29, 1.82) is 0 Å². The van der Waals surface area contributed by atoms with Gasteiger partial charge in [-0.2, -0.15) is 0 Å². The molecule has 22 heavy (non-hydrogen) atoms. The fraction of sp³-hybridized carbons (Fsp3) is 0.316. The summed E-state index contributed by atoms with van der Waals surface area (Å²) >= 11 is 0. The minimum absolute atomic E-state index is 0.0540. The third kappa shape index (κ3) is 5.01. The second-order valence-electron chi connectivity index (χ2n) is 5.15. The Morgan fingerprint density at radius 2 is 1.55 bits per heavy atom. The Morgan fingerprint density at radius 3 is 2.05 bits per heavy atom. The smallest absolute Gasteiger partial charge is 0.245 e. The molecule has 1 amide bonds. The summed E-state index contributed by atoms with van der Waals surface area (Å²) in [6.07, 6.45) is 0.867. The summed E-state index contributed by atoms with van der Waals surface area (Å²) in [4.78, 5) is 11.6. The van der Waals surface area contributed by atoms with E-state index in [0.717, 1.165) is 6.42 Å². The third-order valence-electron chi connectivity index (χ3n) is 3.60. The Bertz CT molecular complexity index is 515. The Labute approximate surface area is 132 Å². The van der Waals surface area contributed by atoms with E-state index in [1.54, 1.807) is 0 Å². The molecule has 0 saturated carbocycles. The van der Waals surface area contributed by atoms with E-state index in [9.17, 15) is 4.79 Å². The van der Waals surface area contributed by atoms with E-state index < -0.39 is 0 Å². The molecule has 0 heterocycles. The van der Waals surface area contributed by atoms with E-state index in [-0.39, 0.29) is 18.4 Å². The molecule has 0 spiro atoms. The van der Waals surface area contributed by atoms with Crippen molar-refractivity contribution < 1.29 is 9.53 Å². The Hall–Kier alpha value is -2.13. The van der Waals surface area contributed by atoms with Gasteiger partial charge >= 0.3 is 0 Å². The summed E-state index contributed by atoms with van der Waals surface area (Å²) in [5.41, 5.74) is 2.54. The van der Waals surface area contributed by atoms with Gasteiger partial charge in [-0.3, -0.25) is 4.79 Å². The zero-order valence-electron chi connectivity index (χ0n) is 13.0. The molecule has 0 aliphatic rings. The van der Waals surface area contributed by atoms with Gasteiger partial charge in [-0.1, -0.05) is 60.7 Å². The Kier molecular flexibility index (Phi) is 6.65. The first-order valence-electron chi connectivity index (χ1n) is 7.75. The van der Waals surface area contributed by atoms with Gasteiger partial charge in [-0.05, 0) is 24.5 Å². The van der Waals surface area contributed by atoms with Crippen LogP contribution in [-0.2, 0) is 9.53 Å². The van der Waals surface area contributed by atoms with Crippen LogP contribution < -0.4 is 5.32 Å². The molecule has 0 bridgehead atoms. The number of hydrogen-bond acceptors (Lipinski definition) is 2. The molecule has 0 saturated heterocycles. The number of ether oxygens (including phenoxy) is 1. The molecule has 0 aliphatic heterocycles. The fourth-order valence-corrected chi connectivity index (χ4v) is 2.50. The van der Waals surface area contributed by atoms with Crippen LogP contribution in [0.4, 0.5) is 0 Å². The second-order valence-corrected chi connectivity index (χ2v) is 5.15. The van der Waals surface area contributed by atoms with Gasteiger partial charge in [0.05, 0.1) is 0 Å². The van der Waals surface area contributed by atoms with Crippen LogP contribution in [-0.4, -0.2) is 25.7 Å². The van der Waals surface area contributed by atoms with Gasteiger partial charge in [-0.15, -0.1) is 0 Å². The molecule has 3 heteroatoms. The zero-order valence-corrected chi connectivity index (χ0v) is 13.0. The lowest BCUT2D eigenvalue weighted by atomic mass is 9.88. The predicted molar refractivity (Wildman–Crippen MR) is 88.8 cm³/mol. The lowest BCUT2D eigenvalue weighted by Crippen LogP contribution is -2.29. The van der Waals surface area contributed by atoms with Gasteiger partial charge in [-0.25, -0.2) is 0 Å². The van der Waals surface area contributed by atoms with Crippen LogP contribution in [0.3, 0.4) is 0 Å². The quantitative estimate of drug-likeness (QED) is 0.811. The average molecular weight is 297 g/mol. The first-order valence-corrected chi connectivity index (χ1v) is 7.75. The van der Waals surface area contributed by atoms with Crippen molar-refractivity contribution in [2.45, 2.75) is 19.3 Å². The van der Waals surface area contributed by atoms with Crippen LogP contribution in [0.1, 0.15) is 30.4 Å². The average Bonchev–Trinajstić information content (AvgIpc) is 2.58. The summed E-state index contributed by atoms with van der Waals surface area (Å²) < 4.78 is 5.11. The van der Waals surface area contributed by atoms with E-state index in [1.165, 1.54) is 11.1 Å². The molecular formula is C19H23NO2. The van der Waals surface area contributed by atoms with E-state index in [4.69, 9.17) is 4.74 Å². The third-order valence-corrected chi connectivity index (χ3v) is 3.60. The molecular weight excluding hydrogens is 274 g/mol. The van der Waals surface area contributed by atoms with Gasteiger partial charge < -0.3 is 10.1 Å². The maximum atomic E-state index is 11.6. The van der Waals surface area contributed by atoms with Crippen molar-refractivity contribution in [3.05, 3.63) is 71.8 Å². The molecule has 0 unspecified atom stereocenters. The summed E-state index contributed by atoms with van der Waals surface area (Å²) in [7, 11) is 0. The molecule has 3 nitrogen and oxygen atoms in total. The van der Waals surface area contributed by atoms with Gasteiger partial charge in [0.25, 0.3) is 0 Å². The lowest BCUT2D eigenvalue weighted by Gasteiger charge is -2.18. The minimum Gasteiger partial charge on any atom is -0.372 e. The topological polar surface area (TPSA) is 38.3 Å². The van der Waals surface area contributed by atoms with Crippen LogP contribution in [0.25, 0.3) is 0 Å². The number of nitrogens with one attached hydrogen (secondary N) is 1. The van der Waals surface area contributed by atoms with Crippen LogP contribution in [0.15, 0.2) is 60.7 Å². The molecule has 2 aromatic carbocycles. The molecule has 2 rings (SSSR count). The van der Waals surface area contributed by atoms with Crippen LogP contribution in [0, 0.1) is 0 Å². The summed E-state index contributed by atoms with van der Waals surface area (Å²) in [6.45, 7) is 3.22. The molecule has 0 fully saturated rings. The maximum absolute atomic E-state index is 11.6. The van der Waals surface area contributed by atoms with Crippen molar-refractivity contribution in [1.82, 2.24) is 5.32 Å². The van der Waals surface area contributed by atoms with Gasteiger partial charge in [0.1, 0.15) is 6.61 Å². The number of benzene rings is 2. The number of amides is 1. The van der Waals surface area contributed by atoms with Crippen LogP contribution in [0.5, 0.6) is 0 Å². The van der Waals surface area contributed by atoms with Crippen molar-refractivity contribution in [3.63, 3.8) is 0 Å². The highest BCUT2D eigenvalue weighted by Crippen LogP contribution is 2.27. The highest BCUT2D eigenvalue weighted by Gasteiger charge is 2.13. The highest BCUT2D eigenvalue weighted by atomic mass is 16.5. The van der Waals surface area contributed by atoms with Crippen LogP contribution >= 0.6 is 0 Å². The largest absolute Gasteiger partial charge is 0.372 e. The Balaban J connectivity index is 1.99. The predicted octanol–water partition coefficient (Wildman–Crippen LogP) is 3.36. The standard InChI is InChI=1S/C19H23NO2/c1-2-22-15-19(21)20-14-13-18(16-9-5-3-6-10-16)17-11-7-4-8-12-17/h3-12,18H,2,13-15H2,1H3,(H,20,21). The highest BCUT2D eigenvalue weighted by molar-refractivity contribution is 5.77. The molecule has 0 atom stereocenters. The van der Waals surface area contributed by atoms with Gasteiger partial charge in [0, 0.05) is 19.1 Å². The fourth-order valence-electron chi connectivity index (χ4n) is 2.50. The van der Waals surface area contributed by atoms with Crippen molar-refractivity contribution in [3.8, 4) is 0 Å². The first kappa shape index (κ1) is 16.2. The number of carbonyl (C=O) groups is 1. The molecule has 116 valence electrons. The SMILES string of the molecule is CCOCC(=O)NCCC(c1ccccc1)c1ccccc1. The summed E-state index contributed by atoms with van der Waals surface area (Å²) in [6, 6.07) is 20.8. The van der Waals surface area contributed by atoms with E-state index >= 15 is 0 Å².